The molecule has 1 aliphatic carbocycles. The first-order valence-electron chi connectivity index (χ1n) is 27.0. The Morgan fingerprint density at radius 3 is 1.48 bits per heavy atom. The minimum atomic E-state index is -1.92. The number of fused-ring (bicyclic) bond motifs is 19. The fraction of sp³-hybridized carbons (Fsp3) is 0. The maximum absolute atomic E-state index is 6.69. The van der Waals surface area contributed by atoms with Crippen LogP contribution >= 0.6 is 0 Å². The first kappa shape index (κ1) is 44.4. The van der Waals surface area contributed by atoms with Crippen LogP contribution in [-0.2, 0) is 0 Å². The van der Waals surface area contributed by atoms with Gasteiger partial charge in [-0.3, -0.25) is 0 Å². The SMILES string of the molecule is c1ccc2c(c1)Oc1cc(-c3ccc4c(c3)-c3ccccc3-c3ccccc3-c3ccccc3-4)cc3c1B2Oc1ccccc1-3.c1ccc2c(c1)[O][Al]1[c]3ccccc3Oc3cc(-n4c5ccccc5c5ccccc54)cc-2[c]31. The van der Waals surface area contributed by atoms with Crippen molar-refractivity contribution in [2.75, 3.05) is 0 Å². The van der Waals surface area contributed by atoms with E-state index in [1.54, 1.807) is 0 Å². The maximum Gasteiger partial charge on any atom is 0.639 e. The van der Waals surface area contributed by atoms with Gasteiger partial charge < -0.3 is 22.5 Å². The first-order valence-corrected chi connectivity index (χ1v) is 28.6. The third kappa shape index (κ3) is 6.77. The molecule has 0 N–H and O–H groups in total. The highest BCUT2D eigenvalue weighted by atomic mass is 27.2. The van der Waals surface area contributed by atoms with Crippen molar-refractivity contribution in [2.45, 2.75) is 0 Å². The molecule has 0 saturated carbocycles. The zero-order valence-electron chi connectivity index (χ0n) is 42.6. The molecule has 0 bridgehead atoms. The van der Waals surface area contributed by atoms with E-state index >= 15 is 0 Å². The second-order valence-electron chi connectivity index (χ2n) is 20.9. The standard InChI is InChI=1S/C42H25BO2.C30H19NO2.Al/c1-2-12-29-28(11-1)30-13-3-4-15-32(30)34-22-21-26(23-36(34)33-16-6-5-14-31(29)33)27-24-37-35-17-7-9-19-39(35)45-43-38-18-8-10-20-40(38)44-41(25-27)42(37)43;32-30-17-9-6-12-25(30)21-18-22(20-24(19-21)33-23-10-2-1-3-11-23)31-28-15-7-4-13-26(28)27-14-5-8-16-29(27)31;/h1-25H;1-10,12-18,20,32H;/q;;+1/p-1. The zero-order chi connectivity index (χ0) is 51.7. The van der Waals surface area contributed by atoms with Crippen LogP contribution in [0.4, 0.5) is 0 Å². The van der Waals surface area contributed by atoms with Gasteiger partial charge in [0.1, 0.15) is 28.7 Å². The normalized spacial score (nSPS) is 12.9. The third-order valence-electron chi connectivity index (χ3n) is 16.6. The Morgan fingerprint density at radius 2 is 0.810 bits per heavy atom. The van der Waals surface area contributed by atoms with Gasteiger partial charge in [0, 0.05) is 38.9 Å². The minimum absolute atomic E-state index is 0.205. The number of aromatic nitrogens is 1. The molecule has 5 aliphatic rings. The van der Waals surface area contributed by atoms with Crippen molar-refractivity contribution in [1.29, 1.82) is 0 Å². The Morgan fingerprint density at radius 1 is 0.316 bits per heavy atom. The van der Waals surface area contributed by atoms with E-state index in [1.165, 1.54) is 80.7 Å². The lowest BCUT2D eigenvalue weighted by molar-refractivity contribution is 0.479. The van der Waals surface area contributed by atoms with Crippen molar-refractivity contribution >= 4 is 63.0 Å². The van der Waals surface area contributed by atoms with Crippen molar-refractivity contribution < 1.29 is 17.9 Å². The van der Waals surface area contributed by atoms with Gasteiger partial charge in [-0.2, -0.15) is 0 Å². The summed E-state index contributed by atoms with van der Waals surface area (Å²) in [6, 6.07) is 92.9. The van der Waals surface area contributed by atoms with Crippen molar-refractivity contribution in [3.8, 4) is 118 Å². The number of nitrogens with zero attached hydrogens (tertiary/aromatic N) is 1. The Hall–Kier alpha value is -9.76. The molecular formula is C72H43AlBNO4. The maximum atomic E-state index is 6.69. The summed E-state index contributed by atoms with van der Waals surface area (Å²) in [5.74, 6) is 5.40. The van der Waals surface area contributed by atoms with Crippen LogP contribution in [-0.4, -0.2) is 26.0 Å². The molecule has 7 heteroatoms. The summed E-state index contributed by atoms with van der Waals surface area (Å²) in [5.41, 5.74) is 22.5. The molecule has 0 fully saturated rings. The van der Waals surface area contributed by atoms with Gasteiger partial charge in [0.15, 0.2) is 0 Å². The molecule has 5 nitrogen and oxygen atoms in total. The van der Waals surface area contributed by atoms with Crippen LogP contribution in [0.3, 0.4) is 0 Å². The van der Waals surface area contributed by atoms with Gasteiger partial charge >= 0.3 is 21.4 Å². The van der Waals surface area contributed by atoms with Crippen molar-refractivity contribution in [2.24, 2.45) is 0 Å². The number of hydrogen-bond donors (Lipinski definition) is 0. The number of rotatable bonds is 2. The molecule has 12 aromatic carbocycles. The van der Waals surface area contributed by atoms with Gasteiger partial charge in [0.2, 0.25) is 0 Å². The molecule has 0 radical (unpaired) electrons. The highest BCUT2D eigenvalue weighted by Crippen LogP contribution is 2.50. The molecule has 13 aromatic rings. The predicted octanol–water partition coefficient (Wildman–Crippen LogP) is 15.7. The number of hydrogen-bond acceptors (Lipinski definition) is 4. The van der Waals surface area contributed by atoms with Crippen LogP contribution < -0.4 is 37.7 Å². The summed E-state index contributed by atoms with van der Waals surface area (Å²) in [5, 5.41) is 2.51. The Labute approximate surface area is 461 Å². The van der Waals surface area contributed by atoms with Crippen molar-refractivity contribution in [1.82, 2.24) is 4.57 Å². The highest BCUT2D eigenvalue weighted by molar-refractivity contribution is 6.84. The summed E-state index contributed by atoms with van der Waals surface area (Å²) >= 11 is -1.92. The fourth-order valence-corrected chi connectivity index (χ4v) is 15.8. The van der Waals surface area contributed by atoms with E-state index in [-0.39, 0.29) is 6.92 Å². The van der Waals surface area contributed by atoms with E-state index in [1.807, 2.05) is 24.3 Å². The number of ether oxygens (including phenoxy) is 2. The molecule has 0 unspecified atom stereocenters. The Balaban J connectivity index is 0.000000132. The van der Waals surface area contributed by atoms with E-state index in [4.69, 9.17) is 17.9 Å². The van der Waals surface area contributed by atoms with Gasteiger partial charge in [-0.25, -0.2) is 0 Å². The lowest BCUT2D eigenvalue weighted by Gasteiger charge is -2.33. The smallest absolute Gasteiger partial charge is 0.636 e. The van der Waals surface area contributed by atoms with Crippen LogP contribution in [0.15, 0.2) is 261 Å². The van der Waals surface area contributed by atoms with Crippen LogP contribution in [0.2, 0.25) is 0 Å². The fourth-order valence-electron chi connectivity index (χ4n) is 13.1. The van der Waals surface area contributed by atoms with Gasteiger partial charge in [-0.15, -0.1) is 0 Å². The summed E-state index contributed by atoms with van der Waals surface area (Å²) in [4.78, 5) is 0. The summed E-state index contributed by atoms with van der Waals surface area (Å²) in [6.45, 7) is -0.205. The zero-order valence-corrected chi connectivity index (χ0v) is 43.7. The number of para-hydroxylation sites is 6. The largest absolute Gasteiger partial charge is 0.639 e. The molecule has 366 valence electrons. The van der Waals surface area contributed by atoms with Gasteiger partial charge in [0.25, 0.3) is 0 Å². The van der Waals surface area contributed by atoms with Crippen LogP contribution in [0, 0.1) is 0 Å². The van der Waals surface area contributed by atoms with Crippen molar-refractivity contribution in [3.05, 3.63) is 261 Å². The lowest BCUT2D eigenvalue weighted by Crippen LogP contribution is -2.53. The average Bonchev–Trinajstić information content (AvgIpc) is 3.96. The van der Waals surface area contributed by atoms with Crippen LogP contribution in [0.25, 0.3) is 105 Å². The molecule has 18 rings (SSSR count). The lowest BCUT2D eigenvalue weighted by atomic mass is 9.50. The van der Waals surface area contributed by atoms with Gasteiger partial charge in [-0.05, 0) is 136 Å². The topological polar surface area (TPSA) is 41.9 Å². The molecule has 0 spiro atoms. The van der Waals surface area contributed by atoms with E-state index in [0.717, 1.165) is 78.9 Å². The quantitative estimate of drug-likeness (QED) is 0.162. The first-order chi connectivity index (χ1) is 39.2. The summed E-state index contributed by atoms with van der Waals surface area (Å²) in [7, 11) is 0. The third-order valence-corrected chi connectivity index (χ3v) is 19.3. The highest BCUT2D eigenvalue weighted by Gasteiger charge is 2.45. The molecule has 0 amide bonds. The molecule has 5 heterocycles. The van der Waals surface area contributed by atoms with Crippen molar-refractivity contribution in [3.63, 3.8) is 0 Å². The van der Waals surface area contributed by atoms with E-state index in [9.17, 15) is 0 Å². The second kappa shape index (κ2) is 17.4. The molecule has 1 aromatic heterocycles. The Bertz CT molecular complexity index is 4670. The van der Waals surface area contributed by atoms with Crippen LogP contribution in [0.5, 0.6) is 34.5 Å². The summed E-state index contributed by atoms with van der Waals surface area (Å²) in [6.07, 6.45) is 0. The van der Waals surface area contributed by atoms with E-state index in [2.05, 4.69) is 241 Å². The van der Waals surface area contributed by atoms with E-state index in [0.29, 0.717) is 0 Å². The molecule has 79 heavy (non-hydrogen) atoms. The second-order valence-corrected chi connectivity index (χ2v) is 23.1. The molecular weight excluding hydrogens is 981 g/mol. The average molecular weight is 1020 g/mol. The molecule has 0 atom stereocenters. The summed E-state index contributed by atoms with van der Waals surface area (Å²) < 4.78 is 31.3. The van der Waals surface area contributed by atoms with Crippen LogP contribution in [0.1, 0.15) is 0 Å². The minimum Gasteiger partial charge on any atom is -0.636 e. The van der Waals surface area contributed by atoms with E-state index < -0.39 is 14.5 Å². The molecule has 4 aliphatic heterocycles. The molecule has 0 saturated heterocycles. The Kier molecular flexibility index (Phi) is 9.76. The predicted molar refractivity (Wildman–Crippen MR) is 323 cm³/mol. The van der Waals surface area contributed by atoms with Gasteiger partial charge in [0.05, 0.1) is 22.5 Å². The van der Waals surface area contributed by atoms with Gasteiger partial charge in [-0.1, -0.05) is 194 Å². The number of benzene rings is 12. The monoisotopic (exact) mass is 1020 g/mol.